The molecular weight excluding hydrogens is 292 g/mol. The molecule has 0 saturated carbocycles. The minimum atomic E-state index is -3.50. The number of carbonyl (C=O) groups excluding carboxylic acids is 1. The second-order valence-electron chi connectivity index (χ2n) is 4.51. The number of rotatable bonds is 9. The van der Waals surface area contributed by atoms with Crippen LogP contribution in [-0.2, 0) is 19.6 Å². The summed E-state index contributed by atoms with van der Waals surface area (Å²) in [5.41, 5.74) is 0.476. The van der Waals surface area contributed by atoms with Crippen molar-refractivity contribution >= 4 is 21.6 Å². The van der Waals surface area contributed by atoms with Gasteiger partial charge in [-0.2, -0.15) is 0 Å². The van der Waals surface area contributed by atoms with E-state index in [4.69, 9.17) is 4.74 Å². The predicted octanol–water partition coefficient (Wildman–Crippen LogP) is 0.995. The summed E-state index contributed by atoms with van der Waals surface area (Å²) in [6, 6.07) is 8.56. The first-order valence-electron chi connectivity index (χ1n) is 6.82. The normalized spacial score (nSPS) is 11.1. The summed E-state index contributed by atoms with van der Waals surface area (Å²) in [6.07, 6.45) is 1.78. The number of hydrogen-bond acceptors (Lipinski definition) is 4. The molecule has 1 amide bonds. The number of benzene rings is 1. The number of ether oxygens (including phenoxy) is 1. The Morgan fingerprint density at radius 1 is 1.29 bits per heavy atom. The molecule has 1 aromatic carbocycles. The molecule has 0 spiro atoms. The molecule has 0 aliphatic heterocycles. The lowest BCUT2D eigenvalue weighted by atomic mass is 10.3. The van der Waals surface area contributed by atoms with Crippen LogP contribution in [0.3, 0.4) is 0 Å². The lowest BCUT2D eigenvalue weighted by Crippen LogP contribution is -2.40. The van der Waals surface area contributed by atoms with Crippen LogP contribution in [0.2, 0.25) is 0 Å². The fourth-order valence-corrected chi connectivity index (χ4v) is 2.58. The van der Waals surface area contributed by atoms with Crippen LogP contribution in [0, 0.1) is 0 Å². The zero-order chi connectivity index (χ0) is 15.7. The summed E-state index contributed by atoms with van der Waals surface area (Å²) >= 11 is 0. The number of para-hydroxylation sites is 1. The molecule has 0 aliphatic carbocycles. The molecule has 1 rings (SSSR count). The van der Waals surface area contributed by atoms with Gasteiger partial charge in [-0.3, -0.25) is 9.10 Å². The van der Waals surface area contributed by atoms with E-state index in [9.17, 15) is 13.2 Å². The van der Waals surface area contributed by atoms with Crippen molar-refractivity contribution in [2.75, 3.05) is 36.9 Å². The summed E-state index contributed by atoms with van der Waals surface area (Å²) in [6.45, 7) is 3.36. The van der Waals surface area contributed by atoms with Crippen LogP contribution in [0.25, 0.3) is 0 Å². The summed E-state index contributed by atoms with van der Waals surface area (Å²) in [5, 5.41) is 2.69. The molecule has 21 heavy (non-hydrogen) atoms. The average molecular weight is 314 g/mol. The zero-order valence-electron chi connectivity index (χ0n) is 12.4. The summed E-state index contributed by atoms with van der Waals surface area (Å²) in [5.74, 6) is -0.333. The van der Waals surface area contributed by atoms with Gasteiger partial charge in [0, 0.05) is 19.8 Å². The van der Waals surface area contributed by atoms with E-state index < -0.39 is 10.0 Å². The van der Waals surface area contributed by atoms with Gasteiger partial charge >= 0.3 is 0 Å². The fourth-order valence-electron chi connectivity index (χ4n) is 1.73. The topological polar surface area (TPSA) is 75.7 Å². The van der Waals surface area contributed by atoms with Gasteiger partial charge in [0.2, 0.25) is 15.9 Å². The maximum atomic E-state index is 11.8. The van der Waals surface area contributed by atoms with Crippen molar-refractivity contribution in [1.29, 1.82) is 0 Å². The van der Waals surface area contributed by atoms with E-state index in [1.54, 1.807) is 30.3 Å². The van der Waals surface area contributed by atoms with Crippen molar-refractivity contribution in [3.8, 4) is 0 Å². The minimum absolute atomic E-state index is 0.225. The summed E-state index contributed by atoms with van der Waals surface area (Å²) < 4.78 is 29.9. The second-order valence-corrected chi connectivity index (χ2v) is 6.41. The van der Waals surface area contributed by atoms with E-state index in [-0.39, 0.29) is 12.5 Å². The Labute approximate surface area is 126 Å². The third kappa shape index (κ3) is 6.59. The average Bonchev–Trinajstić information content (AvgIpc) is 2.44. The molecule has 1 aromatic rings. The molecule has 118 valence electrons. The van der Waals surface area contributed by atoms with Gasteiger partial charge in [0.15, 0.2) is 0 Å². The molecule has 1 N–H and O–H groups in total. The summed E-state index contributed by atoms with van der Waals surface area (Å²) in [4.78, 5) is 11.8. The van der Waals surface area contributed by atoms with Gasteiger partial charge in [-0.15, -0.1) is 0 Å². The van der Waals surface area contributed by atoms with E-state index in [1.165, 1.54) is 0 Å². The van der Waals surface area contributed by atoms with Crippen molar-refractivity contribution in [3.05, 3.63) is 30.3 Å². The molecule has 0 aliphatic rings. The zero-order valence-corrected chi connectivity index (χ0v) is 13.2. The van der Waals surface area contributed by atoms with E-state index >= 15 is 0 Å². The van der Waals surface area contributed by atoms with Crippen molar-refractivity contribution < 1.29 is 17.9 Å². The Morgan fingerprint density at radius 2 is 1.95 bits per heavy atom. The first-order valence-corrected chi connectivity index (χ1v) is 8.67. The molecule has 0 heterocycles. The Balaban J connectivity index is 2.57. The van der Waals surface area contributed by atoms with Gasteiger partial charge in [-0.1, -0.05) is 18.2 Å². The first kappa shape index (κ1) is 17.5. The van der Waals surface area contributed by atoms with Gasteiger partial charge in [0.05, 0.1) is 11.9 Å². The van der Waals surface area contributed by atoms with Crippen LogP contribution >= 0.6 is 0 Å². The molecule has 0 radical (unpaired) electrons. The van der Waals surface area contributed by atoms with Crippen LogP contribution in [0.5, 0.6) is 0 Å². The maximum absolute atomic E-state index is 11.8. The second kappa shape index (κ2) is 8.63. The molecule has 0 bridgehead atoms. The highest BCUT2D eigenvalue weighted by atomic mass is 32.2. The van der Waals surface area contributed by atoms with Crippen molar-refractivity contribution in [2.45, 2.75) is 13.3 Å². The number of nitrogens with zero attached hydrogens (tertiary/aromatic N) is 1. The van der Waals surface area contributed by atoms with E-state index in [0.29, 0.717) is 31.9 Å². The molecule has 7 heteroatoms. The number of sulfonamides is 1. The third-order valence-corrected chi connectivity index (χ3v) is 3.86. The van der Waals surface area contributed by atoms with E-state index in [2.05, 4.69) is 5.32 Å². The molecule has 0 atom stereocenters. The van der Waals surface area contributed by atoms with Gasteiger partial charge in [0.1, 0.15) is 6.54 Å². The quantitative estimate of drug-likeness (QED) is 0.690. The Bertz CT molecular complexity index is 531. The van der Waals surface area contributed by atoms with Crippen LogP contribution in [-0.4, -0.2) is 46.9 Å². The highest BCUT2D eigenvalue weighted by Gasteiger charge is 2.20. The monoisotopic (exact) mass is 314 g/mol. The minimum Gasteiger partial charge on any atom is -0.382 e. The largest absolute Gasteiger partial charge is 0.382 e. The van der Waals surface area contributed by atoms with Crippen molar-refractivity contribution in [1.82, 2.24) is 5.32 Å². The molecule has 0 aromatic heterocycles. The lowest BCUT2D eigenvalue weighted by Gasteiger charge is -2.21. The van der Waals surface area contributed by atoms with Gasteiger partial charge in [-0.25, -0.2) is 8.42 Å². The van der Waals surface area contributed by atoms with Gasteiger partial charge < -0.3 is 10.1 Å². The van der Waals surface area contributed by atoms with Crippen molar-refractivity contribution in [3.63, 3.8) is 0 Å². The number of amides is 1. The molecule has 0 saturated heterocycles. The fraction of sp³-hybridized carbons (Fsp3) is 0.500. The van der Waals surface area contributed by atoms with Gasteiger partial charge in [-0.05, 0) is 25.5 Å². The first-order chi connectivity index (χ1) is 9.95. The lowest BCUT2D eigenvalue weighted by molar-refractivity contribution is -0.119. The van der Waals surface area contributed by atoms with Crippen LogP contribution in [0.15, 0.2) is 30.3 Å². The SMILES string of the molecule is CCOCCCNC(=O)CN(c1ccccc1)S(C)(=O)=O. The van der Waals surface area contributed by atoms with Crippen LogP contribution < -0.4 is 9.62 Å². The van der Waals surface area contributed by atoms with E-state index in [1.807, 2.05) is 6.92 Å². The highest BCUT2D eigenvalue weighted by molar-refractivity contribution is 7.92. The number of carbonyl (C=O) groups is 1. The molecular formula is C14H22N2O4S. The number of anilines is 1. The molecule has 6 nitrogen and oxygen atoms in total. The Morgan fingerprint density at radius 3 is 2.52 bits per heavy atom. The maximum Gasteiger partial charge on any atom is 0.240 e. The third-order valence-electron chi connectivity index (χ3n) is 2.72. The highest BCUT2D eigenvalue weighted by Crippen LogP contribution is 2.15. The predicted molar refractivity (Wildman–Crippen MR) is 82.8 cm³/mol. The smallest absolute Gasteiger partial charge is 0.240 e. The van der Waals surface area contributed by atoms with E-state index in [0.717, 1.165) is 10.6 Å². The van der Waals surface area contributed by atoms with Gasteiger partial charge in [0.25, 0.3) is 0 Å². The molecule has 0 unspecified atom stereocenters. The number of hydrogen-bond donors (Lipinski definition) is 1. The van der Waals surface area contributed by atoms with Crippen LogP contribution in [0.1, 0.15) is 13.3 Å². The number of nitrogens with one attached hydrogen (secondary N) is 1. The Kier molecular flexibility index (Phi) is 7.18. The Hall–Kier alpha value is -1.60. The summed E-state index contributed by atoms with van der Waals surface area (Å²) in [7, 11) is -3.50. The standard InChI is InChI=1S/C14H22N2O4S/c1-3-20-11-7-10-15-14(17)12-16(21(2,18)19)13-8-5-4-6-9-13/h4-6,8-9H,3,7,10-12H2,1-2H3,(H,15,17). The molecule has 0 fully saturated rings. The van der Waals surface area contributed by atoms with Crippen LogP contribution in [0.4, 0.5) is 5.69 Å². The van der Waals surface area contributed by atoms with Crippen molar-refractivity contribution in [2.24, 2.45) is 0 Å².